The number of hydrogen-bond acceptors (Lipinski definition) is 2. The monoisotopic (exact) mass is 212 g/mol. The summed E-state index contributed by atoms with van der Waals surface area (Å²) in [6.45, 7) is 6.31. The Morgan fingerprint density at radius 1 is 1.27 bits per heavy atom. The largest absolute Gasteiger partial charge is 0.309 e. The molecule has 0 radical (unpaired) electrons. The number of rotatable bonds is 5. The van der Waals surface area contributed by atoms with Gasteiger partial charge in [0.1, 0.15) is 0 Å². The van der Waals surface area contributed by atoms with Crippen molar-refractivity contribution in [3.63, 3.8) is 0 Å². The summed E-state index contributed by atoms with van der Waals surface area (Å²) in [6.07, 6.45) is 5.60. The lowest BCUT2D eigenvalue weighted by atomic mass is 9.83. The Morgan fingerprint density at radius 3 is 2.40 bits per heavy atom. The van der Waals surface area contributed by atoms with Gasteiger partial charge in [0, 0.05) is 0 Å². The SMILES string of the molecule is CC(CCCN(C)C)C1CCN(C)CC1. The summed E-state index contributed by atoms with van der Waals surface area (Å²) in [4.78, 5) is 4.75. The van der Waals surface area contributed by atoms with E-state index in [1.807, 2.05) is 0 Å². The summed E-state index contributed by atoms with van der Waals surface area (Å²) in [7, 11) is 6.58. The van der Waals surface area contributed by atoms with Gasteiger partial charge in [0.2, 0.25) is 0 Å². The van der Waals surface area contributed by atoms with E-state index < -0.39 is 0 Å². The molecule has 2 heteroatoms. The van der Waals surface area contributed by atoms with E-state index in [-0.39, 0.29) is 0 Å². The van der Waals surface area contributed by atoms with E-state index in [1.165, 1.54) is 45.3 Å². The minimum Gasteiger partial charge on any atom is -0.309 e. The van der Waals surface area contributed by atoms with Crippen molar-refractivity contribution in [1.29, 1.82) is 0 Å². The molecule has 1 aliphatic rings. The summed E-state index contributed by atoms with van der Waals surface area (Å²) in [5.41, 5.74) is 0. The summed E-state index contributed by atoms with van der Waals surface area (Å²) in [6, 6.07) is 0. The maximum Gasteiger partial charge on any atom is -0.00190 e. The van der Waals surface area contributed by atoms with Crippen LogP contribution in [0.4, 0.5) is 0 Å². The minimum absolute atomic E-state index is 0.929. The predicted octanol–water partition coefficient (Wildman–Crippen LogP) is 2.31. The van der Waals surface area contributed by atoms with Crippen molar-refractivity contribution in [2.45, 2.75) is 32.6 Å². The van der Waals surface area contributed by atoms with Gasteiger partial charge in [0.25, 0.3) is 0 Å². The molecule has 15 heavy (non-hydrogen) atoms. The van der Waals surface area contributed by atoms with Crippen molar-refractivity contribution in [3.8, 4) is 0 Å². The molecule has 1 aliphatic heterocycles. The van der Waals surface area contributed by atoms with E-state index in [2.05, 4.69) is 37.9 Å². The molecule has 1 unspecified atom stereocenters. The average molecular weight is 212 g/mol. The van der Waals surface area contributed by atoms with Crippen LogP contribution in [0.25, 0.3) is 0 Å². The highest BCUT2D eigenvalue weighted by Gasteiger charge is 2.21. The first-order valence-electron chi connectivity index (χ1n) is 6.43. The van der Waals surface area contributed by atoms with Crippen LogP contribution in [0.5, 0.6) is 0 Å². The van der Waals surface area contributed by atoms with Crippen molar-refractivity contribution >= 4 is 0 Å². The lowest BCUT2D eigenvalue weighted by Gasteiger charge is -2.32. The van der Waals surface area contributed by atoms with Crippen LogP contribution in [-0.2, 0) is 0 Å². The van der Waals surface area contributed by atoms with Gasteiger partial charge in [-0.1, -0.05) is 6.92 Å². The van der Waals surface area contributed by atoms with E-state index in [9.17, 15) is 0 Å². The number of piperidine rings is 1. The molecule has 2 nitrogen and oxygen atoms in total. The normalized spacial score (nSPS) is 22.2. The highest BCUT2D eigenvalue weighted by atomic mass is 15.1. The molecule has 0 amide bonds. The highest BCUT2D eigenvalue weighted by Crippen LogP contribution is 2.27. The van der Waals surface area contributed by atoms with Gasteiger partial charge in [-0.3, -0.25) is 0 Å². The molecule has 1 saturated heterocycles. The molecule has 1 atom stereocenters. The molecular weight excluding hydrogens is 184 g/mol. The molecule has 0 bridgehead atoms. The zero-order chi connectivity index (χ0) is 11.3. The van der Waals surface area contributed by atoms with Gasteiger partial charge < -0.3 is 9.80 Å². The first-order chi connectivity index (χ1) is 7.09. The third-order valence-electron chi connectivity index (χ3n) is 3.83. The second-order valence-corrected chi connectivity index (χ2v) is 5.56. The highest BCUT2D eigenvalue weighted by molar-refractivity contribution is 4.74. The topological polar surface area (TPSA) is 6.48 Å². The zero-order valence-corrected chi connectivity index (χ0v) is 11.0. The molecule has 0 saturated carbocycles. The molecule has 0 aromatic heterocycles. The maximum atomic E-state index is 2.46. The summed E-state index contributed by atoms with van der Waals surface area (Å²) >= 11 is 0. The van der Waals surface area contributed by atoms with Crippen molar-refractivity contribution in [1.82, 2.24) is 9.80 Å². The second kappa shape index (κ2) is 6.49. The van der Waals surface area contributed by atoms with Crippen LogP contribution in [0, 0.1) is 11.8 Å². The van der Waals surface area contributed by atoms with Gasteiger partial charge >= 0.3 is 0 Å². The van der Waals surface area contributed by atoms with Gasteiger partial charge in [0.05, 0.1) is 0 Å². The Kier molecular flexibility index (Phi) is 5.62. The van der Waals surface area contributed by atoms with Gasteiger partial charge in [-0.05, 0) is 78.3 Å². The second-order valence-electron chi connectivity index (χ2n) is 5.56. The van der Waals surface area contributed by atoms with Crippen molar-refractivity contribution in [2.24, 2.45) is 11.8 Å². The average Bonchev–Trinajstić information content (AvgIpc) is 2.18. The van der Waals surface area contributed by atoms with Crippen molar-refractivity contribution in [2.75, 3.05) is 40.8 Å². The van der Waals surface area contributed by atoms with Gasteiger partial charge in [-0.15, -0.1) is 0 Å². The lowest BCUT2D eigenvalue weighted by Crippen LogP contribution is -2.32. The zero-order valence-electron chi connectivity index (χ0n) is 11.0. The Balaban J connectivity index is 2.13. The first kappa shape index (κ1) is 13.0. The predicted molar refractivity (Wildman–Crippen MR) is 67.2 cm³/mol. The summed E-state index contributed by atoms with van der Waals surface area (Å²) in [5, 5.41) is 0. The van der Waals surface area contributed by atoms with Crippen molar-refractivity contribution < 1.29 is 0 Å². The molecular formula is C13H28N2. The molecule has 90 valence electrons. The minimum atomic E-state index is 0.929. The van der Waals surface area contributed by atoms with E-state index in [4.69, 9.17) is 0 Å². The van der Waals surface area contributed by atoms with Gasteiger partial charge in [-0.2, -0.15) is 0 Å². The van der Waals surface area contributed by atoms with E-state index in [0.29, 0.717) is 0 Å². The van der Waals surface area contributed by atoms with E-state index in [0.717, 1.165) is 11.8 Å². The molecule has 1 heterocycles. The summed E-state index contributed by atoms with van der Waals surface area (Å²) in [5.74, 6) is 1.92. The molecule has 0 spiro atoms. The molecule has 1 rings (SSSR count). The Labute approximate surface area is 95.6 Å². The Morgan fingerprint density at radius 2 is 1.87 bits per heavy atom. The van der Waals surface area contributed by atoms with Crippen LogP contribution in [-0.4, -0.2) is 50.6 Å². The smallest absolute Gasteiger partial charge is 0.00190 e. The number of likely N-dealkylation sites (tertiary alicyclic amines) is 1. The molecule has 0 aromatic carbocycles. The van der Waals surface area contributed by atoms with Crippen LogP contribution < -0.4 is 0 Å². The van der Waals surface area contributed by atoms with E-state index >= 15 is 0 Å². The van der Waals surface area contributed by atoms with Crippen LogP contribution in [0.15, 0.2) is 0 Å². The van der Waals surface area contributed by atoms with Gasteiger partial charge in [-0.25, -0.2) is 0 Å². The summed E-state index contributed by atoms with van der Waals surface area (Å²) < 4.78 is 0. The molecule has 1 fully saturated rings. The quantitative estimate of drug-likeness (QED) is 0.690. The van der Waals surface area contributed by atoms with Crippen molar-refractivity contribution in [3.05, 3.63) is 0 Å². The number of nitrogens with zero attached hydrogens (tertiary/aromatic N) is 2. The third kappa shape index (κ3) is 4.98. The van der Waals surface area contributed by atoms with Crippen LogP contribution in [0.2, 0.25) is 0 Å². The molecule has 0 aromatic rings. The molecule has 0 N–H and O–H groups in total. The lowest BCUT2D eigenvalue weighted by molar-refractivity contribution is 0.170. The third-order valence-corrected chi connectivity index (χ3v) is 3.83. The first-order valence-corrected chi connectivity index (χ1v) is 6.43. The fourth-order valence-corrected chi connectivity index (χ4v) is 2.56. The van der Waals surface area contributed by atoms with Crippen LogP contribution >= 0.6 is 0 Å². The van der Waals surface area contributed by atoms with E-state index in [1.54, 1.807) is 0 Å². The Hall–Kier alpha value is -0.0800. The standard InChI is InChI=1S/C13H28N2/c1-12(6-5-9-14(2)3)13-7-10-15(4)11-8-13/h12-13H,5-11H2,1-4H3. The van der Waals surface area contributed by atoms with Crippen LogP contribution in [0.3, 0.4) is 0 Å². The Bertz CT molecular complexity index is 160. The molecule has 0 aliphatic carbocycles. The fourth-order valence-electron chi connectivity index (χ4n) is 2.56. The van der Waals surface area contributed by atoms with Gasteiger partial charge in [0.15, 0.2) is 0 Å². The fraction of sp³-hybridized carbons (Fsp3) is 1.00. The van der Waals surface area contributed by atoms with Crippen LogP contribution in [0.1, 0.15) is 32.6 Å². The number of hydrogen-bond donors (Lipinski definition) is 0. The maximum absolute atomic E-state index is 2.46.